The molecule has 1 aromatic rings. The van der Waals surface area contributed by atoms with Crippen molar-refractivity contribution in [2.75, 3.05) is 6.54 Å². The van der Waals surface area contributed by atoms with E-state index >= 15 is 0 Å². The fourth-order valence-corrected chi connectivity index (χ4v) is 2.37. The van der Waals surface area contributed by atoms with Gasteiger partial charge in [-0.05, 0) is 53.4 Å². The minimum atomic E-state index is -0.210. The van der Waals surface area contributed by atoms with E-state index in [4.69, 9.17) is 0 Å². The van der Waals surface area contributed by atoms with E-state index in [1.54, 1.807) is 6.07 Å². The molecule has 3 heteroatoms. The fraction of sp³-hybridized carbons (Fsp3) is 0.467. The van der Waals surface area contributed by atoms with Gasteiger partial charge < -0.3 is 5.32 Å². The Morgan fingerprint density at radius 2 is 2.17 bits per heavy atom. The Labute approximate surface area is 118 Å². The van der Waals surface area contributed by atoms with Crippen molar-refractivity contribution in [3.63, 3.8) is 0 Å². The molecule has 0 amide bonds. The Balaban J connectivity index is 2.93. The zero-order valence-corrected chi connectivity index (χ0v) is 12.7. The number of hydrogen-bond acceptors (Lipinski definition) is 1. The Morgan fingerprint density at radius 1 is 1.44 bits per heavy atom. The molecule has 1 rings (SSSR count). The van der Waals surface area contributed by atoms with Crippen molar-refractivity contribution in [2.24, 2.45) is 0 Å². The number of benzene rings is 1. The van der Waals surface area contributed by atoms with Crippen LogP contribution >= 0.6 is 15.9 Å². The third-order valence-corrected chi connectivity index (χ3v) is 3.83. The van der Waals surface area contributed by atoms with Crippen LogP contribution in [0.2, 0.25) is 0 Å². The summed E-state index contributed by atoms with van der Waals surface area (Å²) in [6.45, 7) is 9.19. The van der Waals surface area contributed by atoms with Gasteiger partial charge in [-0.3, -0.25) is 0 Å². The first-order valence-electron chi connectivity index (χ1n) is 6.44. The van der Waals surface area contributed by atoms with Crippen LogP contribution in [0.15, 0.2) is 34.8 Å². The van der Waals surface area contributed by atoms with Crippen molar-refractivity contribution >= 4 is 15.9 Å². The standard InChI is InChI=1S/C15H21BrFN/c1-4-9-18-14(10-11(3)5-2)12-7-6-8-13(17)15(12)16/h6-8,14,18H,3-5,9-10H2,1-2H3. The first-order valence-corrected chi connectivity index (χ1v) is 7.23. The molecule has 0 spiro atoms. The molecule has 1 N–H and O–H groups in total. The van der Waals surface area contributed by atoms with E-state index in [1.165, 1.54) is 11.6 Å². The molecule has 0 saturated heterocycles. The Kier molecular flexibility index (Phi) is 6.58. The molecule has 0 bridgehead atoms. The summed E-state index contributed by atoms with van der Waals surface area (Å²) >= 11 is 3.34. The monoisotopic (exact) mass is 313 g/mol. The van der Waals surface area contributed by atoms with E-state index in [1.807, 2.05) is 6.07 Å². The molecule has 0 aliphatic heterocycles. The first kappa shape index (κ1) is 15.4. The molecule has 1 atom stereocenters. The molecule has 0 radical (unpaired) electrons. The predicted octanol–water partition coefficient (Wildman–Crippen LogP) is 4.99. The second kappa shape index (κ2) is 7.70. The summed E-state index contributed by atoms with van der Waals surface area (Å²) in [5, 5.41) is 3.46. The number of hydrogen-bond donors (Lipinski definition) is 1. The maximum absolute atomic E-state index is 13.6. The normalized spacial score (nSPS) is 12.4. The van der Waals surface area contributed by atoms with E-state index in [0.717, 1.165) is 31.4 Å². The van der Waals surface area contributed by atoms with Crippen LogP contribution in [0.5, 0.6) is 0 Å². The maximum Gasteiger partial charge on any atom is 0.137 e. The molecule has 18 heavy (non-hydrogen) atoms. The third-order valence-electron chi connectivity index (χ3n) is 2.99. The molecular weight excluding hydrogens is 293 g/mol. The third kappa shape index (κ3) is 4.21. The van der Waals surface area contributed by atoms with Gasteiger partial charge in [0.15, 0.2) is 0 Å². The van der Waals surface area contributed by atoms with Crippen LogP contribution in [0, 0.1) is 5.82 Å². The molecule has 0 heterocycles. The number of halogens is 2. The lowest BCUT2D eigenvalue weighted by molar-refractivity contribution is 0.516. The van der Waals surface area contributed by atoms with Crippen LogP contribution in [0.4, 0.5) is 4.39 Å². The largest absolute Gasteiger partial charge is 0.310 e. The van der Waals surface area contributed by atoms with Crippen molar-refractivity contribution in [2.45, 2.75) is 39.2 Å². The minimum Gasteiger partial charge on any atom is -0.310 e. The van der Waals surface area contributed by atoms with Gasteiger partial charge in [-0.25, -0.2) is 4.39 Å². The highest BCUT2D eigenvalue weighted by molar-refractivity contribution is 9.10. The van der Waals surface area contributed by atoms with Gasteiger partial charge in [0, 0.05) is 6.04 Å². The highest BCUT2D eigenvalue weighted by Crippen LogP contribution is 2.30. The molecule has 0 aliphatic carbocycles. The summed E-state index contributed by atoms with van der Waals surface area (Å²) in [7, 11) is 0. The highest BCUT2D eigenvalue weighted by atomic mass is 79.9. The first-order chi connectivity index (χ1) is 8.60. The molecule has 0 aliphatic rings. The summed E-state index contributed by atoms with van der Waals surface area (Å²) < 4.78 is 14.1. The Morgan fingerprint density at radius 3 is 2.78 bits per heavy atom. The smallest absolute Gasteiger partial charge is 0.137 e. The molecule has 1 aromatic carbocycles. The molecule has 0 saturated carbocycles. The fourth-order valence-electron chi connectivity index (χ4n) is 1.83. The summed E-state index contributed by atoms with van der Waals surface area (Å²) in [5.41, 5.74) is 2.15. The van der Waals surface area contributed by atoms with Gasteiger partial charge in [-0.15, -0.1) is 0 Å². The van der Waals surface area contributed by atoms with Gasteiger partial charge in [0.25, 0.3) is 0 Å². The highest BCUT2D eigenvalue weighted by Gasteiger charge is 2.16. The van der Waals surface area contributed by atoms with Gasteiger partial charge in [0.1, 0.15) is 5.82 Å². The van der Waals surface area contributed by atoms with Crippen molar-refractivity contribution in [3.8, 4) is 0 Å². The second-order valence-corrected chi connectivity index (χ2v) is 5.25. The Hall–Kier alpha value is -0.670. The van der Waals surface area contributed by atoms with Crippen LogP contribution in [0.3, 0.4) is 0 Å². The summed E-state index contributed by atoms with van der Waals surface area (Å²) in [6, 6.07) is 5.32. The van der Waals surface area contributed by atoms with Crippen LogP contribution in [-0.4, -0.2) is 6.54 Å². The van der Waals surface area contributed by atoms with E-state index < -0.39 is 0 Å². The minimum absolute atomic E-state index is 0.127. The van der Waals surface area contributed by atoms with Crippen LogP contribution in [0.25, 0.3) is 0 Å². The van der Waals surface area contributed by atoms with Crippen LogP contribution < -0.4 is 5.32 Å². The van der Waals surface area contributed by atoms with Gasteiger partial charge >= 0.3 is 0 Å². The molecule has 100 valence electrons. The lowest BCUT2D eigenvalue weighted by atomic mass is 9.98. The zero-order valence-electron chi connectivity index (χ0n) is 11.1. The van der Waals surface area contributed by atoms with E-state index in [-0.39, 0.29) is 11.9 Å². The zero-order chi connectivity index (χ0) is 13.5. The summed E-state index contributed by atoms with van der Waals surface area (Å²) in [6.07, 6.45) is 2.86. The molecule has 1 unspecified atom stereocenters. The average molecular weight is 314 g/mol. The molecule has 0 aromatic heterocycles. The van der Waals surface area contributed by atoms with Crippen molar-refractivity contribution < 1.29 is 4.39 Å². The van der Waals surface area contributed by atoms with E-state index in [0.29, 0.717) is 4.47 Å². The summed E-state index contributed by atoms with van der Waals surface area (Å²) in [5.74, 6) is -0.210. The van der Waals surface area contributed by atoms with Gasteiger partial charge in [-0.2, -0.15) is 0 Å². The average Bonchev–Trinajstić information content (AvgIpc) is 2.37. The van der Waals surface area contributed by atoms with Crippen molar-refractivity contribution in [1.82, 2.24) is 5.32 Å². The number of nitrogens with one attached hydrogen (secondary N) is 1. The van der Waals surface area contributed by atoms with Gasteiger partial charge in [-0.1, -0.05) is 38.1 Å². The SMILES string of the molecule is C=C(CC)CC(NCCC)c1cccc(F)c1Br. The molecule has 0 fully saturated rings. The Bertz CT molecular complexity index is 403. The lowest BCUT2D eigenvalue weighted by Crippen LogP contribution is -2.23. The van der Waals surface area contributed by atoms with Crippen LogP contribution in [-0.2, 0) is 0 Å². The topological polar surface area (TPSA) is 12.0 Å². The van der Waals surface area contributed by atoms with E-state index in [9.17, 15) is 4.39 Å². The quantitative estimate of drug-likeness (QED) is 0.700. The molecule has 1 nitrogen and oxygen atoms in total. The summed E-state index contributed by atoms with van der Waals surface area (Å²) in [4.78, 5) is 0. The van der Waals surface area contributed by atoms with Crippen LogP contribution in [0.1, 0.15) is 44.7 Å². The second-order valence-electron chi connectivity index (χ2n) is 4.46. The van der Waals surface area contributed by atoms with Crippen molar-refractivity contribution in [3.05, 3.63) is 46.2 Å². The van der Waals surface area contributed by atoms with Crippen molar-refractivity contribution in [1.29, 1.82) is 0 Å². The van der Waals surface area contributed by atoms with Gasteiger partial charge in [0.2, 0.25) is 0 Å². The van der Waals surface area contributed by atoms with E-state index in [2.05, 4.69) is 41.7 Å². The maximum atomic E-state index is 13.6. The number of rotatable bonds is 7. The van der Waals surface area contributed by atoms with Gasteiger partial charge in [0.05, 0.1) is 4.47 Å². The molecular formula is C15H21BrFN. The predicted molar refractivity (Wildman–Crippen MR) is 79.2 cm³/mol. The lowest BCUT2D eigenvalue weighted by Gasteiger charge is -2.21.